The second kappa shape index (κ2) is 6.07. The molecule has 0 unspecified atom stereocenters. The highest BCUT2D eigenvalue weighted by Gasteiger charge is 2.14. The summed E-state index contributed by atoms with van der Waals surface area (Å²) in [5.74, 6) is -0.213. The van der Waals surface area contributed by atoms with Crippen LogP contribution in [0.5, 0.6) is 5.75 Å². The van der Waals surface area contributed by atoms with E-state index in [1.807, 2.05) is 6.07 Å². The number of ketones is 1. The van der Waals surface area contributed by atoms with E-state index in [9.17, 15) is 9.90 Å². The van der Waals surface area contributed by atoms with Crippen molar-refractivity contribution in [1.82, 2.24) is 0 Å². The topological polar surface area (TPSA) is 37.3 Å². The average Bonchev–Trinajstić information content (AvgIpc) is 2.33. The number of halogens is 3. The van der Waals surface area contributed by atoms with E-state index in [-0.39, 0.29) is 18.0 Å². The summed E-state index contributed by atoms with van der Waals surface area (Å²) in [5.41, 5.74) is 1.02. The Morgan fingerprint density at radius 3 is 2.42 bits per heavy atom. The van der Waals surface area contributed by atoms with Crippen molar-refractivity contribution in [2.24, 2.45) is 0 Å². The number of Topliss-reactive ketones (excluding diaryl/α,β-unsaturated/α-hetero) is 1. The first-order chi connectivity index (χ1) is 8.97. The van der Waals surface area contributed by atoms with E-state index >= 15 is 0 Å². The number of carbonyl (C=O) groups is 1. The molecule has 5 heteroatoms. The molecule has 98 valence electrons. The van der Waals surface area contributed by atoms with Crippen molar-refractivity contribution < 1.29 is 9.90 Å². The first-order valence-corrected chi connectivity index (χ1v) is 7.39. The molecule has 0 radical (unpaired) electrons. The molecule has 2 rings (SSSR count). The second-order valence-corrected chi connectivity index (χ2v) is 6.24. The Morgan fingerprint density at radius 1 is 1.11 bits per heavy atom. The zero-order valence-corrected chi connectivity index (χ0v) is 13.6. The Labute approximate surface area is 132 Å². The molecule has 0 aliphatic rings. The van der Waals surface area contributed by atoms with E-state index in [4.69, 9.17) is 11.6 Å². The van der Waals surface area contributed by atoms with Gasteiger partial charge in [0.15, 0.2) is 5.78 Å². The van der Waals surface area contributed by atoms with Gasteiger partial charge >= 0.3 is 0 Å². The van der Waals surface area contributed by atoms with E-state index in [0.29, 0.717) is 10.6 Å². The maximum atomic E-state index is 12.2. The SMILES string of the molecule is O=C(Cc1cc(Br)ccc1Cl)c1ccc(Br)cc1O. The molecule has 0 fully saturated rings. The molecule has 2 aromatic carbocycles. The highest BCUT2D eigenvalue weighted by Crippen LogP contribution is 2.26. The van der Waals surface area contributed by atoms with Crippen molar-refractivity contribution in [1.29, 1.82) is 0 Å². The second-order valence-electron chi connectivity index (χ2n) is 4.00. The summed E-state index contributed by atoms with van der Waals surface area (Å²) in [6.07, 6.45) is 0.146. The number of phenols is 1. The molecule has 0 bridgehead atoms. The van der Waals surface area contributed by atoms with Crippen LogP contribution in [0.4, 0.5) is 0 Å². The van der Waals surface area contributed by atoms with Crippen LogP contribution in [-0.2, 0) is 6.42 Å². The van der Waals surface area contributed by atoms with Crippen LogP contribution in [0.3, 0.4) is 0 Å². The zero-order valence-electron chi connectivity index (χ0n) is 9.66. The van der Waals surface area contributed by atoms with Crippen LogP contribution in [0.15, 0.2) is 45.3 Å². The number of phenolic OH excluding ortho intramolecular Hbond substituents is 1. The summed E-state index contributed by atoms with van der Waals surface area (Å²) in [6.45, 7) is 0. The molecule has 0 saturated heterocycles. The molecule has 1 N–H and O–H groups in total. The van der Waals surface area contributed by atoms with Gasteiger partial charge in [-0.15, -0.1) is 0 Å². The molecule has 0 atom stereocenters. The van der Waals surface area contributed by atoms with Gasteiger partial charge in [-0.3, -0.25) is 4.79 Å². The quantitative estimate of drug-likeness (QED) is 0.732. The van der Waals surface area contributed by atoms with Gasteiger partial charge in [0, 0.05) is 20.4 Å². The third-order valence-electron chi connectivity index (χ3n) is 2.62. The number of benzene rings is 2. The number of aromatic hydroxyl groups is 1. The summed E-state index contributed by atoms with van der Waals surface area (Å²) >= 11 is 12.6. The highest BCUT2D eigenvalue weighted by atomic mass is 79.9. The fraction of sp³-hybridized carbons (Fsp3) is 0.0714. The Morgan fingerprint density at radius 2 is 1.74 bits per heavy atom. The van der Waals surface area contributed by atoms with Gasteiger partial charge in [0.2, 0.25) is 0 Å². The molecule has 0 aromatic heterocycles. The maximum Gasteiger partial charge on any atom is 0.171 e. The van der Waals surface area contributed by atoms with Crippen molar-refractivity contribution in [3.63, 3.8) is 0 Å². The third-order valence-corrected chi connectivity index (χ3v) is 3.97. The van der Waals surface area contributed by atoms with Gasteiger partial charge in [-0.25, -0.2) is 0 Å². The number of hydrogen-bond donors (Lipinski definition) is 1. The lowest BCUT2D eigenvalue weighted by Gasteiger charge is -2.06. The molecule has 0 saturated carbocycles. The first kappa shape index (κ1) is 14.6. The van der Waals surface area contributed by atoms with Crippen molar-refractivity contribution >= 4 is 49.2 Å². The Balaban J connectivity index is 2.28. The Bertz CT molecular complexity index is 641. The van der Waals surface area contributed by atoms with E-state index in [1.165, 1.54) is 6.07 Å². The van der Waals surface area contributed by atoms with Crippen LogP contribution in [0.2, 0.25) is 5.02 Å². The maximum absolute atomic E-state index is 12.2. The van der Waals surface area contributed by atoms with E-state index < -0.39 is 0 Å². The van der Waals surface area contributed by atoms with E-state index in [2.05, 4.69) is 31.9 Å². The third kappa shape index (κ3) is 3.59. The molecule has 0 aliphatic carbocycles. The molecule has 0 spiro atoms. The minimum atomic E-state index is -0.176. The van der Waals surface area contributed by atoms with Crippen LogP contribution in [0, 0.1) is 0 Å². The Kier molecular flexibility index (Phi) is 4.66. The molecule has 2 aromatic rings. The number of rotatable bonds is 3. The van der Waals surface area contributed by atoms with Gasteiger partial charge in [-0.1, -0.05) is 43.5 Å². The van der Waals surface area contributed by atoms with Crippen molar-refractivity contribution in [3.8, 4) is 5.75 Å². The predicted molar refractivity (Wildman–Crippen MR) is 83.0 cm³/mol. The highest BCUT2D eigenvalue weighted by molar-refractivity contribution is 9.10. The van der Waals surface area contributed by atoms with Crippen LogP contribution in [0.1, 0.15) is 15.9 Å². The smallest absolute Gasteiger partial charge is 0.171 e. The lowest BCUT2D eigenvalue weighted by molar-refractivity contribution is 0.0990. The number of hydrogen-bond acceptors (Lipinski definition) is 2. The van der Waals surface area contributed by atoms with Crippen LogP contribution in [0.25, 0.3) is 0 Å². The monoisotopic (exact) mass is 402 g/mol. The van der Waals surface area contributed by atoms with Crippen molar-refractivity contribution in [3.05, 3.63) is 61.5 Å². The van der Waals surface area contributed by atoms with E-state index in [1.54, 1.807) is 24.3 Å². The predicted octanol–water partition coefficient (Wildman–Crippen LogP) is 5.00. The van der Waals surface area contributed by atoms with Crippen LogP contribution in [-0.4, -0.2) is 10.9 Å². The van der Waals surface area contributed by atoms with Gasteiger partial charge in [0.1, 0.15) is 5.75 Å². The standard InChI is InChI=1S/C14H9Br2ClO2/c15-9-2-4-12(17)8(5-9)6-13(18)11-3-1-10(16)7-14(11)19/h1-5,7,19H,6H2. The van der Waals surface area contributed by atoms with Gasteiger partial charge in [-0.05, 0) is 42.0 Å². The fourth-order valence-corrected chi connectivity index (χ4v) is 2.63. The summed E-state index contributed by atoms with van der Waals surface area (Å²) in [5, 5.41) is 10.3. The first-order valence-electron chi connectivity index (χ1n) is 5.43. The summed E-state index contributed by atoms with van der Waals surface area (Å²) < 4.78 is 1.58. The molecule has 0 heterocycles. The normalized spacial score (nSPS) is 10.5. The van der Waals surface area contributed by atoms with Gasteiger partial charge in [0.25, 0.3) is 0 Å². The van der Waals surface area contributed by atoms with Gasteiger partial charge < -0.3 is 5.11 Å². The largest absolute Gasteiger partial charge is 0.507 e. The Hall–Kier alpha value is -0.840. The summed E-state index contributed by atoms with van der Waals surface area (Å²) in [4.78, 5) is 12.2. The zero-order chi connectivity index (χ0) is 14.0. The number of carbonyl (C=O) groups excluding carboxylic acids is 1. The molecule has 19 heavy (non-hydrogen) atoms. The molecular weight excluding hydrogens is 395 g/mol. The lowest BCUT2D eigenvalue weighted by atomic mass is 10.0. The van der Waals surface area contributed by atoms with Gasteiger partial charge in [-0.2, -0.15) is 0 Å². The van der Waals surface area contributed by atoms with Crippen molar-refractivity contribution in [2.75, 3.05) is 0 Å². The van der Waals surface area contributed by atoms with E-state index in [0.717, 1.165) is 14.5 Å². The summed E-state index contributed by atoms with van der Waals surface area (Å²) in [7, 11) is 0. The van der Waals surface area contributed by atoms with Crippen molar-refractivity contribution in [2.45, 2.75) is 6.42 Å². The van der Waals surface area contributed by atoms with Crippen LogP contribution >= 0.6 is 43.5 Å². The molecule has 2 nitrogen and oxygen atoms in total. The van der Waals surface area contributed by atoms with Crippen LogP contribution < -0.4 is 0 Å². The molecule has 0 amide bonds. The minimum Gasteiger partial charge on any atom is -0.507 e. The minimum absolute atomic E-state index is 0.0366. The lowest BCUT2D eigenvalue weighted by Crippen LogP contribution is -2.04. The summed E-state index contributed by atoms with van der Waals surface area (Å²) in [6, 6.07) is 10.2. The fourth-order valence-electron chi connectivity index (χ4n) is 1.69. The average molecular weight is 404 g/mol. The van der Waals surface area contributed by atoms with Gasteiger partial charge in [0.05, 0.1) is 5.56 Å². The molecular formula is C14H9Br2ClO2. The molecule has 0 aliphatic heterocycles.